The Bertz CT molecular complexity index is 781. The van der Waals surface area contributed by atoms with E-state index in [1.807, 2.05) is 6.07 Å². The Morgan fingerprint density at radius 2 is 1.70 bits per heavy atom. The molecule has 0 spiro atoms. The maximum Gasteiger partial charge on any atom is 0.547 e. The summed E-state index contributed by atoms with van der Waals surface area (Å²) in [7, 11) is -1.22. The van der Waals surface area contributed by atoms with E-state index in [2.05, 4.69) is 16.0 Å². The second-order valence-corrected chi connectivity index (χ2v) is 9.91. The molecule has 33 heavy (non-hydrogen) atoms. The molecule has 4 rings (SSSR count). The number of nitrogens with one attached hydrogen (secondary N) is 3. The molecular weight excluding hydrogens is 421 g/mol. The molecule has 1 heterocycles. The van der Waals surface area contributed by atoms with Crippen molar-refractivity contribution in [3.63, 3.8) is 0 Å². The molecule has 2 saturated carbocycles. The number of fused-ring (bicyclic) bond motifs is 1. The molecule has 1 aromatic rings. The minimum atomic E-state index is -1.67. The quantitative estimate of drug-likeness (QED) is 0.186. The van der Waals surface area contributed by atoms with Crippen molar-refractivity contribution in [1.29, 1.82) is 0 Å². The van der Waals surface area contributed by atoms with Gasteiger partial charge in [-0.1, -0.05) is 31.0 Å². The van der Waals surface area contributed by atoms with Crippen LogP contribution in [0.1, 0.15) is 75.2 Å². The van der Waals surface area contributed by atoms with Gasteiger partial charge in [0.15, 0.2) is 6.29 Å². The number of para-hydroxylation sites is 1. The predicted molar refractivity (Wildman–Crippen MR) is 126 cm³/mol. The summed E-state index contributed by atoms with van der Waals surface area (Å²) >= 11 is 0. The molecule has 6 N–H and O–H groups in total. The normalized spacial score (nSPS) is 25.7. The fraction of sp³-hybridized carbons (Fsp3) is 0.708. The lowest BCUT2D eigenvalue weighted by Gasteiger charge is -2.31. The lowest BCUT2D eigenvalue weighted by molar-refractivity contribution is -0.122. The lowest BCUT2D eigenvalue weighted by Crippen LogP contribution is -2.53. The molecule has 182 valence electrons. The van der Waals surface area contributed by atoms with Crippen LogP contribution in [-0.4, -0.2) is 59.4 Å². The number of amides is 1. The molecule has 0 saturated heterocycles. The van der Waals surface area contributed by atoms with Gasteiger partial charge in [0.25, 0.3) is 0 Å². The van der Waals surface area contributed by atoms with Gasteiger partial charge in [0, 0.05) is 37.2 Å². The monoisotopic (exact) mass is 459 g/mol. The van der Waals surface area contributed by atoms with E-state index in [4.69, 9.17) is 4.65 Å². The third-order valence-corrected chi connectivity index (χ3v) is 7.44. The molecule has 0 aromatic heterocycles. The van der Waals surface area contributed by atoms with Crippen molar-refractivity contribution in [3.8, 4) is 5.75 Å². The zero-order valence-electron chi connectivity index (χ0n) is 19.3. The highest BCUT2D eigenvalue weighted by atomic mass is 16.5. The van der Waals surface area contributed by atoms with Crippen LogP contribution in [0.2, 0.25) is 0 Å². The van der Waals surface area contributed by atoms with Crippen LogP contribution in [0.3, 0.4) is 0 Å². The summed E-state index contributed by atoms with van der Waals surface area (Å²) in [5, 5.41) is 39.6. The van der Waals surface area contributed by atoms with Crippen LogP contribution in [-0.2, 0) is 11.2 Å². The first-order valence-electron chi connectivity index (χ1n) is 12.6. The van der Waals surface area contributed by atoms with E-state index in [1.54, 1.807) is 12.1 Å². The van der Waals surface area contributed by atoms with E-state index in [1.165, 1.54) is 25.7 Å². The number of carbonyl (C=O) groups is 1. The molecule has 1 aliphatic heterocycles. The Morgan fingerprint density at radius 1 is 1.03 bits per heavy atom. The maximum atomic E-state index is 12.6. The summed E-state index contributed by atoms with van der Waals surface area (Å²) in [4.78, 5) is 12.6. The fourth-order valence-electron chi connectivity index (χ4n) is 5.56. The average Bonchev–Trinajstić information content (AvgIpc) is 3.31. The zero-order valence-corrected chi connectivity index (χ0v) is 19.3. The summed E-state index contributed by atoms with van der Waals surface area (Å²) in [6, 6.07) is 6.32. The van der Waals surface area contributed by atoms with Crippen LogP contribution in [0.15, 0.2) is 18.2 Å². The first-order chi connectivity index (χ1) is 16.0. The Labute approximate surface area is 196 Å². The molecule has 2 aliphatic carbocycles. The summed E-state index contributed by atoms with van der Waals surface area (Å²) in [5.74, 6) is 0.0302. The zero-order chi connectivity index (χ0) is 23.2. The van der Waals surface area contributed by atoms with Crippen molar-refractivity contribution in [2.24, 2.45) is 5.92 Å². The summed E-state index contributed by atoms with van der Waals surface area (Å²) in [6.07, 6.45) is 8.77. The van der Waals surface area contributed by atoms with Crippen LogP contribution in [0.4, 0.5) is 0 Å². The van der Waals surface area contributed by atoms with Gasteiger partial charge in [-0.2, -0.15) is 0 Å². The molecule has 0 unspecified atom stereocenters. The maximum absolute atomic E-state index is 12.6. The highest BCUT2D eigenvalue weighted by Gasteiger charge is 2.37. The number of aliphatic hydroxyl groups is 2. The van der Waals surface area contributed by atoms with Crippen LogP contribution >= 0.6 is 0 Å². The standard InChI is InChI=1S/C24H38BN3O5/c29-22(28-21-15-17-4-3-7-20(24(30)31)23(17)33-25(21)32)14-16-8-10-19(11-9-16)27-13-12-26-18-5-1-2-6-18/h3-4,7,16,18-19,21,24,26-27,30-32H,1-2,5-6,8-15H2,(H,28,29)/t16?,19?,21-/m0/s1. The van der Waals surface area contributed by atoms with Gasteiger partial charge in [-0.05, 0) is 56.4 Å². The second kappa shape index (κ2) is 11.7. The fourth-order valence-corrected chi connectivity index (χ4v) is 5.56. The van der Waals surface area contributed by atoms with Crippen molar-refractivity contribution in [2.75, 3.05) is 13.1 Å². The van der Waals surface area contributed by atoms with Crippen LogP contribution < -0.4 is 20.6 Å². The van der Waals surface area contributed by atoms with Gasteiger partial charge >= 0.3 is 7.12 Å². The molecule has 0 radical (unpaired) electrons. The molecule has 2 fully saturated rings. The number of hydrogen-bond acceptors (Lipinski definition) is 7. The van der Waals surface area contributed by atoms with Crippen molar-refractivity contribution in [2.45, 2.75) is 88.5 Å². The van der Waals surface area contributed by atoms with Crippen molar-refractivity contribution >= 4 is 13.0 Å². The van der Waals surface area contributed by atoms with E-state index in [0.29, 0.717) is 30.8 Å². The van der Waals surface area contributed by atoms with Crippen molar-refractivity contribution < 1.29 is 24.7 Å². The third-order valence-electron chi connectivity index (χ3n) is 7.44. The van der Waals surface area contributed by atoms with Gasteiger partial charge in [-0.3, -0.25) is 4.79 Å². The van der Waals surface area contributed by atoms with Crippen LogP contribution in [0.5, 0.6) is 5.75 Å². The van der Waals surface area contributed by atoms with Crippen LogP contribution in [0.25, 0.3) is 0 Å². The number of hydrogen-bond donors (Lipinski definition) is 6. The molecule has 1 aromatic carbocycles. The minimum Gasteiger partial charge on any atom is -0.534 e. The number of carbonyl (C=O) groups excluding carboxylic acids is 1. The van der Waals surface area contributed by atoms with E-state index in [9.17, 15) is 20.0 Å². The van der Waals surface area contributed by atoms with Gasteiger partial charge in [-0.15, -0.1) is 0 Å². The van der Waals surface area contributed by atoms with Crippen LogP contribution in [0, 0.1) is 5.92 Å². The van der Waals surface area contributed by atoms with Gasteiger partial charge < -0.3 is 35.8 Å². The molecule has 1 atom stereocenters. The molecule has 8 nitrogen and oxygen atoms in total. The molecule has 3 aliphatic rings. The lowest BCUT2D eigenvalue weighted by atomic mass is 9.72. The van der Waals surface area contributed by atoms with Gasteiger partial charge in [0.1, 0.15) is 5.75 Å². The molecule has 9 heteroatoms. The number of rotatable bonds is 9. The van der Waals surface area contributed by atoms with E-state index in [0.717, 1.165) is 44.3 Å². The number of aliphatic hydroxyl groups excluding tert-OH is 1. The first kappa shape index (κ1) is 24.5. The Hall–Kier alpha value is -1.65. The average molecular weight is 459 g/mol. The Kier molecular flexibility index (Phi) is 8.65. The molecule has 0 bridgehead atoms. The van der Waals surface area contributed by atoms with Crippen molar-refractivity contribution in [1.82, 2.24) is 16.0 Å². The third kappa shape index (κ3) is 6.70. The Balaban J connectivity index is 1.16. The first-order valence-corrected chi connectivity index (χ1v) is 12.6. The van der Waals surface area contributed by atoms with Gasteiger partial charge in [0.05, 0.1) is 5.94 Å². The number of benzene rings is 1. The molecule has 1 amide bonds. The smallest absolute Gasteiger partial charge is 0.534 e. The van der Waals surface area contributed by atoms with E-state index < -0.39 is 19.3 Å². The summed E-state index contributed by atoms with van der Waals surface area (Å²) in [5.41, 5.74) is 0.959. The van der Waals surface area contributed by atoms with Gasteiger partial charge in [0.2, 0.25) is 5.91 Å². The van der Waals surface area contributed by atoms with Crippen molar-refractivity contribution in [3.05, 3.63) is 29.3 Å². The highest BCUT2D eigenvalue weighted by Crippen LogP contribution is 2.33. The predicted octanol–water partition coefficient (Wildman–Crippen LogP) is 1.18. The minimum absolute atomic E-state index is 0.0679. The summed E-state index contributed by atoms with van der Waals surface area (Å²) < 4.78 is 5.53. The Morgan fingerprint density at radius 3 is 2.36 bits per heavy atom. The van der Waals surface area contributed by atoms with E-state index >= 15 is 0 Å². The SMILES string of the molecule is O=C(CC1CCC(NCCNC2CCCC2)CC1)N[C@H]1Cc2cccc(C(O)O)c2OB1O. The van der Waals surface area contributed by atoms with Gasteiger partial charge in [-0.25, -0.2) is 0 Å². The largest absolute Gasteiger partial charge is 0.547 e. The molecular formula is C24H38BN3O5. The highest BCUT2D eigenvalue weighted by molar-refractivity contribution is 6.46. The summed E-state index contributed by atoms with van der Waals surface area (Å²) in [6.45, 7) is 2.03. The second-order valence-electron chi connectivity index (χ2n) is 9.91. The topological polar surface area (TPSA) is 123 Å². The van der Waals surface area contributed by atoms with E-state index in [-0.39, 0.29) is 17.2 Å².